The van der Waals surface area contributed by atoms with Crippen LogP contribution in [0, 0.1) is 11.6 Å². The summed E-state index contributed by atoms with van der Waals surface area (Å²) in [4.78, 5) is 37.3. The lowest BCUT2D eigenvalue weighted by Gasteiger charge is -2.15. The summed E-state index contributed by atoms with van der Waals surface area (Å²) in [6.07, 6.45) is 0. The zero-order valence-electron chi connectivity index (χ0n) is 18.6. The summed E-state index contributed by atoms with van der Waals surface area (Å²) in [6.45, 7) is 2.56. The van der Waals surface area contributed by atoms with Crippen LogP contribution in [0.4, 0.5) is 13.6 Å². The van der Waals surface area contributed by atoms with Crippen molar-refractivity contribution in [2.45, 2.75) is 18.7 Å². The lowest BCUT2D eigenvalue weighted by Crippen LogP contribution is -2.25. The minimum atomic E-state index is -0.605. The maximum absolute atomic E-state index is 13.4. The summed E-state index contributed by atoms with van der Waals surface area (Å²) in [5.41, 5.74) is -0.102. The Hall–Kier alpha value is -2.85. The lowest BCUT2D eigenvalue weighted by atomic mass is 10.1. The van der Waals surface area contributed by atoms with Gasteiger partial charge in [-0.3, -0.25) is 14.4 Å². The van der Waals surface area contributed by atoms with Crippen molar-refractivity contribution >= 4 is 46.0 Å². The first-order valence-corrected chi connectivity index (χ1v) is 10.5. The summed E-state index contributed by atoms with van der Waals surface area (Å²) in [5.74, 6) is -1.83. The Kier molecular flexibility index (Phi) is 10.4. The number of halogens is 2. The van der Waals surface area contributed by atoms with E-state index < -0.39 is 17.4 Å². The number of ketones is 2. The molecule has 0 aliphatic carbocycles. The van der Waals surface area contributed by atoms with E-state index in [-0.39, 0.29) is 33.1 Å². The average molecular weight is 483 g/mol. The molecule has 0 saturated heterocycles. The molecule has 0 radical (unpaired) electrons. The monoisotopic (exact) mass is 482 g/mol. The highest BCUT2D eigenvalue weighted by atomic mass is 32.2. The molecule has 2 aromatic carbocycles. The van der Waals surface area contributed by atoms with Gasteiger partial charge in [-0.2, -0.15) is 0 Å². The van der Waals surface area contributed by atoms with Gasteiger partial charge in [0.2, 0.25) is 0 Å². The van der Waals surface area contributed by atoms with Crippen LogP contribution in [0.1, 0.15) is 34.6 Å². The molecular formula is C22H24F2N2O4S2. The van der Waals surface area contributed by atoms with Crippen LogP contribution in [-0.2, 0) is 0 Å². The van der Waals surface area contributed by atoms with Gasteiger partial charge in [0.25, 0.3) is 10.4 Å². The van der Waals surface area contributed by atoms with Crippen molar-refractivity contribution in [3.05, 3.63) is 59.2 Å². The Morgan fingerprint density at radius 1 is 0.844 bits per heavy atom. The van der Waals surface area contributed by atoms with Crippen molar-refractivity contribution in [1.29, 1.82) is 0 Å². The number of carbonyl (C=O) groups is 3. The zero-order chi connectivity index (χ0) is 24.6. The van der Waals surface area contributed by atoms with Gasteiger partial charge < -0.3 is 14.5 Å². The maximum Gasteiger partial charge on any atom is 0.285 e. The molecule has 0 fully saturated rings. The minimum Gasteiger partial charge on any atom is -0.431 e. The zero-order valence-corrected chi connectivity index (χ0v) is 20.2. The highest BCUT2D eigenvalue weighted by Gasteiger charge is 2.17. The third kappa shape index (κ3) is 7.69. The Balaban J connectivity index is 0.000000320. The van der Waals surface area contributed by atoms with Crippen molar-refractivity contribution in [1.82, 2.24) is 9.80 Å². The molecule has 2 rings (SSSR count). The van der Waals surface area contributed by atoms with Gasteiger partial charge in [-0.05, 0) is 62.1 Å². The van der Waals surface area contributed by atoms with E-state index in [0.29, 0.717) is 4.90 Å². The van der Waals surface area contributed by atoms with E-state index in [4.69, 9.17) is 17.0 Å². The quantitative estimate of drug-likeness (QED) is 0.343. The predicted octanol–water partition coefficient (Wildman–Crippen LogP) is 5.06. The number of rotatable bonds is 4. The number of thiocarbonyl (C=S) groups is 1. The van der Waals surface area contributed by atoms with Crippen LogP contribution < -0.4 is 4.74 Å². The fourth-order valence-corrected chi connectivity index (χ4v) is 3.18. The number of amides is 1. The molecule has 172 valence electrons. The summed E-state index contributed by atoms with van der Waals surface area (Å²) in [5, 5.41) is -0.0683. The van der Waals surface area contributed by atoms with Gasteiger partial charge in [-0.1, -0.05) is 12.1 Å². The van der Waals surface area contributed by atoms with Gasteiger partial charge in [-0.15, -0.1) is 0 Å². The predicted molar refractivity (Wildman–Crippen MR) is 125 cm³/mol. The number of hydrogen-bond donors (Lipinski definition) is 0. The lowest BCUT2D eigenvalue weighted by molar-refractivity contribution is 0.0998. The van der Waals surface area contributed by atoms with Crippen LogP contribution >= 0.6 is 24.0 Å². The molecule has 0 saturated carbocycles. The normalized spacial score (nSPS) is 9.88. The van der Waals surface area contributed by atoms with Gasteiger partial charge in [-0.25, -0.2) is 8.78 Å². The van der Waals surface area contributed by atoms with Gasteiger partial charge in [0, 0.05) is 33.1 Å². The number of thioether (sulfide) groups is 1. The standard InChI is InChI=1S/2C11H12FNO2S/c1-7(14)10-8(12)5-4-6-9(10)16-11(15)13(2)3;1-7(14)10-8(12)5-4-6-9(10)15-11(16)13(2)3/h2*4-6H,1-3H3. The molecule has 10 heteroatoms. The molecule has 6 nitrogen and oxygen atoms in total. The van der Waals surface area contributed by atoms with E-state index in [2.05, 4.69) is 0 Å². The molecule has 32 heavy (non-hydrogen) atoms. The van der Waals surface area contributed by atoms with Gasteiger partial charge >= 0.3 is 0 Å². The molecule has 0 aromatic heterocycles. The number of ether oxygens (including phenoxy) is 1. The topological polar surface area (TPSA) is 66.9 Å². The maximum atomic E-state index is 13.4. The SMILES string of the molecule is CC(=O)c1c(F)cccc1OC(=S)N(C)C.CC(=O)c1c(F)cccc1SC(=O)N(C)C. The number of Topliss-reactive ketones (excluding diaryl/α,β-unsaturated/α-hetero) is 2. The van der Waals surface area contributed by atoms with Crippen molar-refractivity contribution in [2.75, 3.05) is 28.2 Å². The average Bonchev–Trinajstić information content (AvgIpc) is 2.67. The van der Waals surface area contributed by atoms with Crippen LogP contribution in [0.5, 0.6) is 5.75 Å². The van der Waals surface area contributed by atoms with E-state index in [1.165, 1.54) is 49.1 Å². The molecule has 0 bridgehead atoms. The van der Waals surface area contributed by atoms with Crippen molar-refractivity contribution < 1.29 is 27.9 Å². The van der Waals surface area contributed by atoms with Gasteiger partial charge in [0.1, 0.15) is 17.4 Å². The number of hydrogen-bond acceptors (Lipinski definition) is 6. The molecule has 2 aromatic rings. The molecule has 0 spiro atoms. The van der Waals surface area contributed by atoms with Crippen LogP contribution in [0.25, 0.3) is 0 Å². The minimum absolute atomic E-state index is 0.0253. The van der Waals surface area contributed by atoms with E-state index >= 15 is 0 Å². The molecular weight excluding hydrogens is 458 g/mol. The second kappa shape index (κ2) is 12.3. The fourth-order valence-electron chi connectivity index (χ4n) is 2.23. The second-order valence-electron chi connectivity index (χ2n) is 6.86. The molecule has 0 atom stereocenters. The fraction of sp³-hybridized carbons (Fsp3) is 0.273. The molecule has 0 N–H and O–H groups in total. The molecule has 0 unspecified atom stereocenters. The van der Waals surface area contributed by atoms with Gasteiger partial charge in [0.05, 0.1) is 11.1 Å². The summed E-state index contributed by atoms with van der Waals surface area (Å²) < 4.78 is 32.0. The first kappa shape index (κ1) is 27.2. The summed E-state index contributed by atoms with van der Waals surface area (Å²) >= 11 is 5.77. The molecule has 0 heterocycles. The highest BCUT2D eigenvalue weighted by molar-refractivity contribution is 8.13. The number of nitrogens with zero attached hydrogens (tertiary/aromatic N) is 2. The first-order valence-electron chi connectivity index (χ1n) is 9.24. The van der Waals surface area contributed by atoms with E-state index in [9.17, 15) is 23.2 Å². The molecule has 0 aliphatic rings. The third-order valence-electron chi connectivity index (χ3n) is 3.78. The highest BCUT2D eigenvalue weighted by Crippen LogP contribution is 2.27. The Morgan fingerprint density at radius 3 is 1.81 bits per heavy atom. The van der Waals surface area contributed by atoms with Crippen LogP contribution in [0.2, 0.25) is 0 Å². The molecule has 0 aliphatic heterocycles. The largest absolute Gasteiger partial charge is 0.431 e. The van der Waals surface area contributed by atoms with Crippen molar-refractivity contribution in [2.24, 2.45) is 0 Å². The van der Waals surface area contributed by atoms with Crippen molar-refractivity contribution in [3.8, 4) is 5.75 Å². The molecule has 1 amide bonds. The second-order valence-corrected chi connectivity index (χ2v) is 8.21. The summed E-state index contributed by atoms with van der Waals surface area (Å²) in [6, 6.07) is 8.44. The van der Waals surface area contributed by atoms with Crippen LogP contribution in [0.15, 0.2) is 41.3 Å². The van der Waals surface area contributed by atoms with Crippen LogP contribution in [0.3, 0.4) is 0 Å². The number of carbonyl (C=O) groups excluding carboxylic acids is 3. The smallest absolute Gasteiger partial charge is 0.285 e. The van der Waals surface area contributed by atoms with Crippen LogP contribution in [-0.4, -0.2) is 60.0 Å². The first-order chi connectivity index (χ1) is 14.9. The van der Waals surface area contributed by atoms with Gasteiger partial charge in [0.15, 0.2) is 11.6 Å². The Morgan fingerprint density at radius 2 is 1.34 bits per heavy atom. The van der Waals surface area contributed by atoms with E-state index in [1.54, 1.807) is 39.2 Å². The number of benzene rings is 2. The Labute approximate surface area is 195 Å². The van der Waals surface area contributed by atoms with E-state index in [1.807, 2.05) is 0 Å². The summed E-state index contributed by atoms with van der Waals surface area (Å²) in [7, 11) is 6.61. The van der Waals surface area contributed by atoms with E-state index in [0.717, 1.165) is 11.8 Å². The third-order valence-corrected chi connectivity index (χ3v) is 5.33. The Bertz CT molecular complexity index is 945. The van der Waals surface area contributed by atoms with Crippen molar-refractivity contribution in [3.63, 3.8) is 0 Å².